The molecule has 100 valence electrons. The maximum atomic E-state index is 5.44. The second kappa shape index (κ2) is 6.26. The highest BCUT2D eigenvalue weighted by atomic mass is 16.5. The van der Waals surface area contributed by atoms with E-state index in [0.717, 1.165) is 17.6 Å². The Kier molecular flexibility index (Phi) is 4.68. The van der Waals surface area contributed by atoms with Gasteiger partial charge in [0.1, 0.15) is 5.75 Å². The summed E-state index contributed by atoms with van der Waals surface area (Å²) in [7, 11) is 1.77. The molecule has 1 saturated carbocycles. The molecule has 1 fully saturated rings. The SMILES string of the molecule is CCCC1CCC(c2ccc(C)c(OC)c2)CC1. The molecule has 0 aromatic heterocycles. The molecule has 1 heteroatoms. The van der Waals surface area contributed by atoms with E-state index >= 15 is 0 Å². The van der Waals surface area contributed by atoms with Crippen molar-refractivity contribution < 1.29 is 4.74 Å². The van der Waals surface area contributed by atoms with Gasteiger partial charge in [0.15, 0.2) is 0 Å². The summed E-state index contributed by atoms with van der Waals surface area (Å²) < 4.78 is 5.44. The van der Waals surface area contributed by atoms with Crippen LogP contribution in [0.15, 0.2) is 18.2 Å². The molecule has 18 heavy (non-hydrogen) atoms. The van der Waals surface area contributed by atoms with Crippen LogP contribution in [0.4, 0.5) is 0 Å². The standard InChI is InChI=1S/C17H26O/c1-4-5-14-7-10-15(11-8-14)16-9-6-13(2)17(12-16)18-3/h6,9,12,14-15H,4-5,7-8,10-11H2,1-3H3. The molecule has 0 bridgehead atoms. The van der Waals surface area contributed by atoms with E-state index < -0.39 is 0 Å². The summed E-state index contributed by atoms with van der Waals surface area (Å²) in [6.45, 7) is 4.41. The zero-order chi connectivity index (χ0) is 13.0. The van der Waals surface area contributed by atoms with E-state index in [1.165, 1.54) is 49.7 Å². The smallest absolute Gasteiger partial charge is 0.122 e. The third-order valence-electron chi connectivity index (χ3n) is 4.45. The predicted molar refractivity (Wildman–Crippen MR) is 77.3 cm³/mol. The molecule has 2 rings (SSSR count). The quantitative estimate of drug-likeness (QED) is 0.720. The second-order valence-electron chi connectivity index (χ2n) is 5.74. The van der Waals surface area contributed by atoms with E-state index in [0.29, 0.717) is 0 Å². The van der Waals surface area contributed by atoms with Gasteiger partial charge < -0.3 is 4.74 Å². The van der Waals surface area contributed by atoms with Crippen molar-refractivity contribution in [2.75, 3.05) is 7.11 Å². The van der Waals surface area contributed by atoms with Crippen LogP contribution in [0.25, 0.3) is 0 Å². The Hall–Kier alpha value is -0.980. The fourth-order valence-corrected chi connectivity index (χ4v) is 3.28. The van der Waals surface area contributed by atoms with Gasteiger partial charge in [-0.25, -0.2) is 0 Å². The molecule has 1 aliphatic carbocycles. The lowest BCUT2D eigenvalue weighted by molar-refractivity contribution is 0.307. The van der Waals surface area contributed by atoms with Crippen molar-refractivity contribution in [1.29, 1.82) is 0 Å². The first-order valence-electron chi connectivity index (χ1n) is 7.39. The molecule has 0 radical (unpaired) electrons. The average Bonchev–Trinajstić information content (AvgIpc) is 2.41. The molecule has 1 nitrogen and oxygen atoms in total. The third kappa shape index (κ3) is 3.07. The predicted octanol–water partition coefficient (Wildman–Crippen LogP) is 5.08. The first-order chi connectivity index (χ1) is 8.74. The van der Waals surface area contributed by atoms with Crippen LogP contribution >= 0.6 is 0 Å². The second-order valence-corrected chi connectivity index (χ2v) is 5.74. The summed E-state index contributed by atoms with van der Waals surface area (Å²) in [5, 5.41) is 0. The van der Waals surface area contributed by atoms with Gasteiger partial charge in [-0.1, -0.05) is 31.9 Å². The van der Waals surface area contributed by atoms with Crippen LogP contribution in [0, 0.1) is 12.8 Å². The minimum atomic E-state index is 0.757. The minimum Gasteiger partial charge on any atom is -0.496 e. The molecule has 0 aliphatic heterocycles. The van der Waals surface area contributed by atoms with Crippen LogP contribution in [0.2, 0.25) is 0 Å². The Morgan fingerprint density at radius 1 is 1.17 bits per heavy atom. The van der Waals surface area contributed by atoms with E-state index in [2.05, 4.69) is 32.0 Å². The van der Waals surface area contributed by atoms with Gasteiger partial charge in [0.25, 0.3) is 0 Å². The number of rotatable bonds is 4. The molecule has 0 saturated heterocycles. The lowest BCUT2D eigenvalue weighted by Crippen LogP contribution is -2.13. The lowest BCUT2D eigenvalue weighted by atomic mass is 9.77. The zero-order valence-electron chi connectivity index (χ0n) is 12.0. The normalized spacial score (nSPS) is 23.9. The molecular weight excluding hydrogens is 220 g/mol. The highest BCUT2D eigenvalue weighted by Gasteiger charge is 2.22. The van der Waals surface area contributed by atoms with Crippen LogP contribution in [0.1, 0.15) is 62.5 Å². The van der Waals surface area contributed by atoms with Crippen LogP contribution in [0.5, 0.6) is 5.75 Å². The highest BCUT2D eigenvalue weighted by Crippen LogP contribution is 2.38. The van der Waals surface area contributed by atoms with Crippen LogP contribution in [-0.2, 0) is 0 Å². The van der Waals surface area contributed by atoms with E-state index in [1.54, 1.807) is 7.11 Å². The number of ether oxygens (including phenoxy) is 1. The van der Waals surface area contributed by atoms with Gasteiger partial charge in [-0.2, -0.15) is 0 Å². The van der Waals surface area contributed by atoms with E-state index in [9.17, 15) is 0 Å². The summed E-state index contributed by atoms with van der Waals surface area (Å²) in [6, 6.07) is 6.75. The monoisotopic (exact) mass is 246 g/mol. The number of aryl methyl sites for hydroxylation is 1. The van der Waals surface area contributed by atoms with Gasteiger partial charge in [0, 0.05) is 0 Å². The Balaban J connectivity index is 2.01. The molecule has 0 unspecified atom stereocenters. The van der Waals surface area contributed by atoms with Crippen LogP contribution in [-0.4, -0.2) is 7.11 Å². The molecule has 0 amide bonds. The number of hydrogen-bond acceptors (Lipinski definition) is 1. The molecule has 1 aromatic carbocycles. The minimum absolute atomic E-state index is 0.757. The summed E-state index contributed by atoms with van der Waals surface area (Å²) >= 11 is 0. The maximum absolute atomic E-state index is 5.44. The first-order valence-corrected chi connectivity index (χ1v) is 7.39. The van der Waals surface area contributed by atoms with E-state index in [1.807, 2.05) is 0 Å². The lowest BCUT2D eigenvalue weighted by Gasteiger charge is -2.29. The van der Waals surface area contributed by atoms with Crippen molar-refractivity contribution in [2.45, 2.75) is 58.3 Å². The Morgan fingerprint density at radius 2 is 1.89 bits per heavy atom. The van der Waals surface area contributed by atoms with Crippen LogP contribution in [0.3, 0.4) is 0 Å². The molecule has 1 aliphatic rings. The van der Waals surface area contributed by atoms with Crippen molar-refractivity contribution in [3.63, 3.8) is 0 Å². The Morgan fingerprint density at radius 3 is 2.50 bits per heavy atom. The molecule has 0 heterocycles. The van der Waals surface area contributed by atoms with Crippen molar-refractivity contribution in [3.8, 4) is 5.75 Å². The summed E-state index contributed by atoms with van der Waals surface area (Å²) in [5.74, 6) is 2.79. The molecule has 0 atom stereocenters. The topological polar surface area (TPSA) is 9.23 Å². The van der Waals surface area contributed by atoms with E-state index in [4.69, 9.17) is 4.74 Å². The largest absolute Gasteiger partial charge is 0.496 e. The van der Waals surface area contributed by atoms with Crippen LogP contribution < -0.4 is 4.74 Å². The van der Waals surface area contributed by atoms with Gasteiger partial charge >= 0.3 is 0 Å². The van der Waals surface area contributed by atoms with Gasteiger partial charge in [-0.05, 0) is 61.6 Å². The van der Waals surface area contributed by atoms with Gasteiger partial charge in [-0.3, -0.25) is 0 Å². The van der Waals surface area contributed by atoms with Gasteiger partial charge in [0.05, 0.1) is 7.11 Å². The zero-order valence-corrected chi connectivity index (χ0v) is 12.0. The third-order valence-corrected chi connectivity index (χ3v) is 4.45. The van der Waals surface area contributed by atoms with Crippen molar-refractivity contribution in [1.82, 2.24) is 0 Å². The molecule has 0 N–H and O–H groups in total. The summed E-state index contributed by atoms with van der Waals surface area (Å²) in [5.41, 5.74) is 2.72. The first kappa shape index (κ1) is 13.5. The average molecular weight is 246 g/mol. The number of methoxy groups -OCH3 is 1. The maximum Gasteiger partial charge on any atom is 0.122 e. The number of benzene rings is 1. The molecular formula is C17H26O. The van der Waals surface area contributed by atoms with Gasteiger partial charge in [0.2, 0.25) is 0 Å². The molecule has 0 spiro atoms. The summed E-state index contributed by atoms with van der Waals surface area (Å²) in [4.78, 5) is 0. The van der Waals surface area contributed by atoms with Crippen molar-refractivity contribution in [3.05, 3.63) is 29.3 Å². The Bertz CT molecular complexity index is 375. The summed E-state index contributed by atoms with van der Waals surface area (Å²) in [6.07, 6.45) is 8.30. The van der Waals surface area contributed by atoms with Crippen molar-refractivity contribution >= 4 is 0 Å². The fourth-order valence-electron chi connectivity index (χ4n) is 3.28. The number of hydrogen-bond donors (Lipinski definition) is 0. The fraction of sp³-hybridized carbons (Fsp3) is 0.647. The highest BCUT2D eigenvalue weighted by molar-refractivity contribution is 5.38. The Labute approximate surface area is 112 Å². The van der Waals surface area contributed by atoms with E-state index in [-0.39, 0.29) is 0 Å². The van der Waals surface area contributed by atoms with Gasteiger partial charge in [-0.15, -0.1) is 0 Å². The van der Waals surface area contributed by atoms with Crippen molar-refractivity contribution in [2.24, 2.45) is 5.92 Å². The molecule has 1 aromatic rings.